The molecular weight excluding hydrogens is 444 g/mol. The van der Waals surface area contributed by atoms with Gasteiger partial charge in [-0.2, -0.15) is 11.3 Å². The summed E-state index contributed by atoms with van der Waals surface area (Å²) in [5, 5.41) is 5.30. The predicted octanol–water partition coefficient (Wildman–Crippen LogP) is 4.76. The molecule has 172 valence electrons. The summed E-state index contributed by atoms with van der Waals surface area (Å²) in [5.41, 5.74) is 11.3. The van der Waals surface area contributed by atoms with E-state index in [0.29, 0.717) is 18.0 Å². The van der Waals surface area contributed by atoms with E-state index < -0.39 is 11.3 Å². The molecule has 0 atom stereocenters. The Kier molecular flexibility index (Phi) is 4.61. The third-order valence-corrected chi connectivity index (χ3v) is 7.92. The summed E-state index contributed by atoms with van der Waals surface area (Å²) in [7, 11) is 0. The summed E-state index contributed by atoms with van der Waals surface area (Å²) in [6.07, 6.45) is 1.96. The number of rotatable bonds is 5. The van der Waals surface area contributed by atoms with Crippen LogP contribution in [-0.2, 0) is 10.2 Å². The quantitative estimate of drug-likeness (QED) is 0.441. The molecule has 0 radical (unpaired) electrons. The van der Waals surface area contributed by atoms with E-state index >= 15 is 0 Å². The number of hydrogen-bond acceptors (Lipinski definition) is 4. The van der Waals surface area contributed by atoms with Gasteiger partial charge in [-0.15, -0.1) is 0 Å². The molecule has 7 heteroatoms. The Morgan fingerprint density at radius 2 is 1.97 bits per heavy atom. The summed E-state index contributed by atoms with van der Waals surface area (Å²) < 4.78 is 0. The number of carbonyl (C=O) groups excluding carboxylic acids is 2. The largest absolute Gasteiger partial charge is 0.370 e. The van der Waals surface area contributed by atoms with Crippen LogP contribution >= 0.6 is 11.3 Å². The molecule has 2 aromatic carbocycles. The first-order valence-corrected chi connectivity index (χ1v) is 12.4. The van der Waals surface area contributed by atoms with E-state index in [1.807, 2.05) is 49.2 Å². The second-order valence-electron chi connectivity index (χ2n) is 9.82. The van der Waals surface area contributed by atoms with Crippen molar-refractivity contribution in [2.24, 2.45) is 11.7 Å². The van der Waals surface area contributed by atoms with E-state index in [1.165, 1.54) is 5.69 Å². The second-order valence-corrected chi connectivity index (χ2v) is 10.6. The van der Waals surface area contributed by atoms with Gasteiger partial charge in [-0.05, 0) is 54.6 Å². The average molecular weight is 471 g/mol. The molecule has 34 heavy (non-hydrogen) atoms. The van der Waals surface area contributed by atoms with Gasteiger partial charge < -0.3 is 20.5 Å². The Morgan fingerprint density at radius 3 is 2.71 bits per heavy atom. The van der Waals surface area contributed by atoms with Crippen molar-refractivity contribution < 1.29 is 9.59 Å². The lowest BCUT2D eigenvalue weighted by Crippen LogP contribution is -2.52. The highest BCUT2D eigenvalue weighted by Crippen LogP contribution is 2.49. The van der Waals surface area contributed by atoms with E-state index in [1.54, 1.807) is 17.4 Å². The Hall–Kier alpha value is -3.58. The number of anilines is 2. The van der Waals surface area contributed by atoms with E-state index in [4.69, 9.17) is 5.73 Å². The maximum absolute atomic E-state index is 13.7. The van der Waals surface area contributed by atoms with Gasteiger partial charge in [-0.3, -0.25) is 9.59 Å². The molecule has 0 bridgehead atoms. The summed E-state index contributed by atoms with van der Waals surface area (Å²) in [6, 6.07) is 13.8. The lowest BCUT2D eigenvalue weighted by atomic mass is 9.80. The number of amides is 2. The lowest BCUT2D eigenvalue weighted by molar-refractivity contribution is -0.122. The molecular formula is C27H26N4O2S. The third kappa shape index (κ3) is 3.07. The number of benzene rings is 2. The summed E-state index contributed by atoms with van der Waals surface area (Å²) >= 11 is 1.69. The lowest BCUT2D eigenvalue weighted by Gasteiger charge is -2.42. The number of aromatic amines is 1. The van der Waals surface area contributed by atoms with Gasteiger partial charge in [0.1, 0.15) is 0 Å². The van der Waals surface area contributed by atoms with Crippen LogP contribution in [0.3, 0.4) is 0 Å². The van der Waals surface area contributed by atoms with Crippen molar-refractivity contribution in [2.75, 3.05) is 29.4 Å². The highest BCUT2D eigenvalue weighted by molar-refractivity contribution is 7.08. The fraction of sp³-hybridized carbons (Fsp3) is 0.259. The van der Waals surface area contributed by atoms with Crippen LogP contribution in [0.1, 0.15) is 29.8 Å². The highest BCUT2D eigenvalue weighted by atomic mass is 32.1. The fourth-order valence-electron chi connectivity index (χ4n) is 5.47. The number of thiophene rings is 1. The van der Waals surface area contributed by atoms with Crippen LogP contribution in [0.2, 0.25) is 0 Å². The molecule has 6 rings (SSSR count). The standard InChI is InChI=1S/C27H26N4O2S/c1-27(2)24-20(21-11-29-22-6-4-3-5-19(21)22)9-17(25(28)32)10-23(24)31(26(27)33)14-16-12-30(13-16)18-7-8-34-15-18/h3-11,15-16,29H,12-14H2,1-2H3,(H2,28,32). The summed E-state index contributed by atoms with van der Waals surface area (Å²) in [4.78, 5) is 33.6. The summed E-state index contributed by atoms with van der Waals surface area (Å²) in [5.74, 6) is -0.0492. The van der Waals surface area contributed by atoms with Gasteiger partial charge in [0.15, 0.2) is 0 Å². The fourth-order valence-corrected chi connectivity index (χ4v) is 6.14. The SMILES string of the molecule is CC1(C)C(=O)N(CC2CN(c3ccsc3)C2)c2cc(C(N)=O)cc(-c3c[nH]c4ccccc34)c21. The van der Waals surface area contributed by atoms with Crippen molar-refractivity contribution in [2.45, 2.75) is 19.3 Å². The number of fused-ring (bicyclic) bond motifs is 2. The second kappa shape index (κ2) is 7.46. The van der Waals surface area contributed by atoms with Gasteiger partial charge in [0.05, 0.1) is 5.41 Å². The average Bonchev–Trinajstić information content (AvgIpc) is 3.50. The van der Waals surface area contributed by atoms with Gasteiger partial charge in [0, 0.05) is 70.5 Å². The van der Waals surface area contributed by atoms with Crippen molar-refractivity contribution >= 4 is 45.4 Å². The topological polar surface area (TPSA) is 82.4 Å². The van der Waals surface area contributed by atoms with Crippen LogP contribution in [0.25, 0.3) is 22.0 Å². The van der Waals surface area contributed by atoms with Crippen LogP contribution in [0.5, 0.6) is 0 Å². The van der Waals surface area contributed by atoms with Crippen molar-refractivity contribution in [3.05, 3.63) is 70.5 Å². The van der Waals surface area contributed by atoms with Crippen LogP contribution in [0, 0.1) is 5.92 Å². The molecule has 0 unspecified atom stereocenters. The zero-order chi connectivity index (χ0) is 23.6. The maximum atomic E-state index is 13.7. The van der Waals surface area contributed by atoms with Gasteiger partial charge in [-0.25, -0.2) is 0 Å². The number of aromatic nitrogens is 1. The van der Waals surface area contributed by atoms with Gasteiger partial charge in [0.25, 0.3) is 0 Å². The number of nitrogens with one attached hydrogen (secondary N) is 1. The maximum Gasteiger partial charge on any atom is 0.248 e. The van der Waals surface area contributed by atoms with E-state index in [-0.39, 0.29) is 5.91 Å². The van der Waals surface area contributed by atoms with Crippen molar-refractivity contribution in [3.8, 4) is 11.1 Å². The number of primary amides is 1. The number of carbonyl (C=O) groups is 2. The van der Waals surface area contributed by atoms with Crippen LogP contribution in [0.15, 0.2) is 59.4 Å². The molecule has 2 amide bonds. The Morgan fingerprint density at radius 1 is 1.18 bits per heavy atom. The Balaban J connectivity index is 1.43. The number of para-hydroxylation sites is 1. The molecule has 0 spiro atoms. The van der Waals surface area contributed by atoms with Crippen LogP contribution in [0.4, 0.5) is 11.4 Å². The first-order chi connectivity index (χ1) is 16.3. The predicted molar refractivity (Wildman–Crippen MR) is 138 cm³/mol. The minimum atomic E-state index is -0.712. The Labute approximate surface area is 202 Å². The van der Waals surface area contributed by atoms with E-state index in [9.17, 15) is 9.59 Å². The summed E-state index contributed by atoms with van der Waals surface area (Å²) in [6.45, 7) is 6.43. The molecule has 3 N–H and O–H groups in total. The van der Waals surface area contributed by atoms with Crippen LogP contribution in [-0.4, -0.2) is 36.4 Å². The minimum Gasteiger partial charge on any atom is -0.370 e. The minimum absolute atomic E-state index is 0.0687. The first kappa shape index (κ1) is 21.0. The Bertz CT molecular complexity index is 1430. The number of nitrogens with zero attached hydrogens (tertiary/aromatic N) is 2. The monoisotopic (exact) mass is 470 g/mol. The molecule has 0 aliphatic carbocycles. The number of nitrogens with two attached hydrogens (primary N) is 1. The van der Waals surface area contributed by atoms with Gasteiger partial charge in [-0.1, -0.05) is 18.2 Å². The molecule has 2 aromatic heterocycles. The molecule has 1 fully saturated rings. The smallest absolute Gasteiger partial charge is 0.248 e. The molecule has 1 saturated heterocycles. The molecule has 4 heterocycles. The highest BCUT2D eigenvalue weighted by Gasteiger charge is 2.47. The number of hydrogen-bond donors (Lipinski definition) is 2. The molecule has 2 aliphatic heterocycles. The van der Waals surface area contributed by atoms with Gasteiger partial charge in [0.2, 0.25) is 11.8 Å². The molecule has 4 aromatic rings. The van der Waals surface area contributed by atoms with Crippen molar-refractivity contribution in [3.63, 3.8) is 0 Å². The van der Waals surface area contributed by atoms with Crippen molar-refractivity contribution in [1.29, 1.82) is 0 Å². The normalized spacial score (nSPS) is 17.3. The zero-order valence-electron chi connectivity index (χ0n) is 19.2. The van der Waals surface area contributed by atoms with Crippen molar-refractivity contribution in [1.82, 2.24) is 4.98 Å². The van der Waals surface area contributed by atoms with Gasteiger partial charge >= 0.3 is 0 Å². The zero-order valence-corrected chi connectivity index (χ0v) is 20.0. The van der Waals surface area contributed by atoms with E-state index in [0.717, 1.165) is 46.4 Å². The molecule has 2 aliphatic rings. The molecule has 0 saturated carbocycles. The number of H-pyrrole nitrogens is 1. The molecule has 6 nitrogen and oxygen atoms in total. The van der Waals surface area contributed by atoms with Crippen LogP contribution < -0.4 is 15.5 Å². The first-order valence-electron chi connectivity index (χ1n) is 11.5. The third-order valence-electron chi connectivity index (χ3n) is 7.25. The van der Waals surface area contributed by atoms with E-state index in [2.05, 4.69) is 32.8 Å².